The first kappa shape index (κ1) is 42.2. The summed E-state index contributed by atoms with van der Waals surface area (Å²) in [6.45, 7) is 21.2. The highest BCUT2D eigenvalue weighted by Gasteiger charge is 2.59. The van der Waals surface area contributed by atoms with Gasteiger partial charge in [-0.1, -0.05) is 150 Å². The molecule has 0 aromatic rings. The third kappa shape index (κ3) is 12.4. The van der Waals surface area contributed by atoms with Crippen molar-refractivity contribution in [3.05, 3.63) is 24.3 Å². The highest BCUT2D eigenvalue weighted by molar-refractivity contribution is 5.60. The monoisotopic (exact) mass is 683 g/mol. The molecule has 0 bridgehead atoms. The van der Waals surface area contributed by atoms with E-state index >= 15 is 0 Å². The van der Waals surface area contributed by atoms with E-state index in [1.54, 1.807) is 5.57 Å². The molecule has 3 heteroatoms. The molecule has 4 rings (SSSR count). The third-order valence-electron chi connectivity index (χ3n) is 14.0. The minimum atomic E-state index is -0.445. The Morgan fingerprint density at radius 2 is 1.51 bits per heavy atom. The van der Waals surface area contributed by atoms with Crippen LogP contribution >= 0.6 is 0 Å². The van der Waals surface area contributed by atoms with Crippen molar-refractivity contribution >= 4 is 6.16 Å². The lowest BCUT2D eigenvalue weighted by Gasteiger charge is -2.58. The molecule has 4 aliphatic rings. The lowest BCUT2D eigenvalue weighted by atomic mass is 9.47. The summed E-state index contributed by atoms with van der Waals surface area (Å²) in [5, 5.41) is 0. The maximum Gasteiger partial charge on any atom is 0.508 e. The number of hydrogen-bond acceptors (Lipinski definition) is 3. The van der Waals surface area contributed by atoms with Crippen LogP contribution in [0.3, 0.4) is 0 Å². The maximum absolute atomic E-state index is 12.4. The Bertz CT molecular complexity index is 967. The van der Waals surface area contributed by atoms with Crippen molar-refractivity contribution < 1.29 is 14.3 Å². The van der Waals surface area contributed by atoms with Crippen molar-refractivity contribution in [2.75, 3.05) is 6.61 Å². The minimum Gasteiger partial charge on any atom is -0.434 e. The first-order valence-electron chi connectivity index (χ1n) is 21.7. The molecule has 49 heavy (non-hydrogen) atoms. The van der Waals surface area contributed by atoms with E-state index in [1.165, 1.54) is 122 Å². The molecular weight excluding hydrogens is 601 g/mol. The number of unbranched alkanes of at least 4 members (excludes halogenated alkanes) is 11. The van der Waals surface area contributed by atoms with E-state index in [0.717, 1.165) is 67.6 Å². The van der Waals surface area contributed by atoms with Gasteiger partial charge >= 0.3 is 6.16 Å². The molecule has 3 fully saturated rings. The number of ether oxygens (including phenoxy) is 2. The van der Waals surface area contributed by atoms with E-state index in [2.05, 4.69) is 61.1 Å². The molecule has 0 heterocycles. The molecule has 8 atom stereocenters. The Hall–Kier alpha value is -1.25. The van der Waals surface area contributed by atoms with Crippen LogP contribution in [0.15, 0.2) is 24.3 Å². The van der Waals surface area contributed by atoms with Crippen LogP contribution in [-0.2, 0) is 9.47 Å². The zero-order valence-electron chi connectivity index (χ0n) is 33.8. The lowest BCUT2D eigenvalue weighted by molar-refractivity contribution is -0.0617. The molecule has 3 saturated carbocycles. The molecule has 0 saturated heterocycles. The SMILES string of the molecule is C=CCCCCCCCC.CCCCCCCCOC(=O)OC1CCC2(C)C(=CCC3C2CCC2(C)C(C(C)CCCC(C)C)CCC32)C1. The van der Waals surface area contributed by atoms with Crippen LogP contribution in [-0.4, -0.2) is 18.9 Å². The molecule has 0 radical (unpaired) electrons. The second kappa shape index (κ2) is 22.0. The highest BCUT2D eigenvalue weighted by Crippen LogP contribution is 2.67. The number of hydrogen-bond donors (Lipinski definition) is 0. The van der Waals surface area contributed by atoms with Crippen LogP contribution in [0.2, 0.25) is 0 Å². The summed E-state index contributed by atoms with van der Waals surface area (Å²) in [6, 6.07) is 0. The number of carbonyl (C=O) groups is 1. The number of fused-ring (bicyclic) bond motifs is 5. The largest absolute Gasteiger partial charge is 0.508 e. The quantitative estimate of drug-likeness (QED) is 0.0728. The van der Waals surface area contributed by atoms with E-state index in [0.29, 0.717) is 17.4 Å². The standard InChI is InChI=1S/C36H62O3.C10H20/c1-7-8-9-10-11-12-24-38-34(37)39-29-20-22-35(5)28(25-29)16-17-30-32-19-18-31(27(4)15-13-14-26(2)3)36(32,6)23-21-33(30)35;1-3-5-7-9-10-8-6-4-2/h16,26-27,29-33H,7-15,17-25H2,1-6H3;3H,1,4-10H2,2H3. The van der Waals surface area contributed by atoms with Gasteiger partial charge in [-0.3, -0.25) is 0 Å². The lowest BCUT2D eigenvalue weighted by Crippen LogP contribution is -2.51. The fraction of sp³-hybridized carbons (Fsp3) is 0.891. The Morgan fingerprint density at radius 1 is 0.837 bits per heavy atom. The molecule has 284 valence electrons. The van der Waals surface area contributed by atoms with Crippen molar-refractivity contribution in [2.45, 2.75) is 209 Å². The summed E-state index contributed by atoms with van der Waals surface area (Å²) in [6.07, 6.45) is 35.1. The van der Waals surface area contributed by atoms with E-state index in [-0.39, 0.29) is 6.10 Å². The molecule has 0 spiro atoms. The van der Waals surface area contributed by atoms with Gasteiger partial charge in [0.1, 0.15) is 6.10 Å². The Labute approximate surface area is 305 Å². The first-order chi connectivity index (χ1) is 23.6. The number of allylic oxidation sites excluding steroid dienone is 2. The van der Waals surface area contributed by atoms with Gasteiger partial charge in [-0.25, -0.2) is 4.79 Å². The van der Waals surface area contributed by atoms with Crippen LogP contribution in [0, 0.1) is 46.3 Å². The first-order valence-corrected chi connectivity index (χ1v) is 21.7. The summed E-state index contributed by atoms with van der Waals surface area (Å²) in [7, 11) is 0. The second-order valence-corrected chi connectivity index (χ2v) is 18.0. The zero-order valence-corrected chi connectivity index (χ0v) is 33.8. The smallest absolute Gasteiger partial charge is 0.434 e. The third-order valence-corrected chi connectivity index (χ3v) is 14.0. The summed E-state index contributed by atoms with van der Waals surface area (Å²) in [5.41, 5.74) is 2.43. The summed E-state index contributed by atoms with van der Waals surface area (Å²) in [4.78, 5) is 12.4. The summed E-state index contributed by atoms with van der Waals surface area (Å²) < 4.78 is 11.3. The zero-order chi connectivity index (χ0) is 35.7. The van der Waals surface area contributed by atoms with E-state index < -0.39 is 6.16 Å². The fourth-order valence-electron chi connectivity index (χ4n) is 11.0. The van der Waals surface area contributed by atoms with Gasteiger partial charge in [0, 0.05) is 6.42 Å². The number of carbonyl (C=O) groups excluding carboxylic acids is 1. The van der Waals surface area contributed by atoms with E-state index in [1.807, 2.05) is 6.08 Å². The van der Waals surface area contributed by atoms with Crippen molar-refractivity contribution in [3.8, 4) is 0 Å². The molecule has 4 aliphatic carbocycles. The molecule has 3 nitrogen and oxygen atoms in total. The molecule has 0 aromatic carbocycles. The second-order valence-electron chi connectivity index (χ2n) is 18.0. The van der Waals surface area contributed by atoms with Crippen LogP contribution in [0.1, 0.15) is 203 Å². The van der Waals surface area contributed by atoms with Crippen molar-refractivity contribution in [1.29, 1.82) is 0 Å². The normalized spacial score (nSPS) is 31.0. The van der Waals surface area contributed by atoms with Crippen LogP contribution in [0.4, 0.5) is 4.79 Å². The Balaban J connectivity index is 0.000000565. The minimum absolute atomic E-state index is 0.00525. The average molecular weight is 683 g/mol. The molecule has 0 N–H and O–H groups in total. The topological polar surface area (TPSA) is 35.5 Å². The summed E-state index contributed by atoms with van der Waals surface area (Å²) in [5.74, 6) is 5.18. The molecule has 0 aromatic heterocycles. The highest BCUT2D eigenvalue weighted by atomic mass is 16.7. The Kier molecular flexibility index (Phi) is 18.9. The average Bonchev–Trinajstić information content (AvgIpc) is 3.43. The van der Waals surface area contributed by atoms with Crippen molar-refractivity contribution in [1.82, 2.24) is 0 Å². The van der Waals surface area contributed by atoms with Crippen molar-refractivity contribution in [3.63, 3.8) is 0 Å². The van der Waals surface area contributed by atoms with Gasteiger partial charge in [-0.05, 0) is 111 Å². The Morgan fingerprint density at radius 3 is 2.18 bits per heavy atom. The van der Waals surface area contributed by atoms with E-state index in [4.69, 9.17) is 9.47 Å². The van der Waals surface area contributed by atoms with Gasteiger partial charge in [-0.15, -0.1) is 6.58 Å². The van der Waals surface area contributed by atoms with Crippen LogP contribution < -0.4 is 0 Å². The van der Waals surface area contributed by atoms with Gasteiger partial charge < -0.3 is 9.47 Å². The fourth-order valence-corrected chi connectivity index (χ4v) is 11.0. The molecular formula is C46H82O3. The van der Waals surface area contributed by atoms with Gasteiger partial charge in [0.15, 0.2) is 0 Å². The predicted molar refractivity (Wildman–Crippen MR) is 211 cm³/mol. The molecule has 0 amide bonds. The number of rotatable bonds is 20. The molecule has 8 unspecified atom stereocenters. The predicted octanol–water partition coefficient (Wildman–Crippen LogP) is 14.8. The van der Waals surface area contributed by atoms with Gasteiger partial charge in [-0.2, -0.15) is 0 Å². The van der Waals surface area contributed by atoms with Crippen LogP contribution in [0.5, 0.6) is 0 Å². The van der Waals surface area contributed by atoms with Crippen molar-refractivity contribution in [2.24, 2.45) is 46.3 Å². The molecule has 0 aliphatic heterocycles. The van der Waals surface area contributed by atoms with Gasteiger partial charge in [0.25, 0.3) is 0 Å². The van der Waals surface area contributed by atoms with Gasteiger partial charge in [0.05, 0.1) is 6.61 Å². The van der Waals surface area contributed by atoms with E-state index in [9.17, 15) is 4.79 Å². The summed E-state index contributed by atoms with van der Waals surface area (Å²) >= 11 is 0. The van der Waals surface area contributed by atoms with Gasteiger partial charge in [0.2, 0.25) is 0 Å². The maximum atomic E-state index is 12.4. The van der Waals surface area contributed by atoms with Crippen LogP contribution in [0.25, 0.3) is 0 Å².